The minimum atomic E-state index is -0.473. The highest BCUT2D eigenvalue weighted by atomic mass is 16.5. The maximum Gasteiger partial charge on any atom is 0.341 e. The fraction of sp³-hybridized carbons (Fsp3) is 0.438. The number of aromatic nitrogens is 3. The Morgan fingerprint density at radius 2 is 2.27 bits per heavy atom. The molecule has 0 radical (unpaired) electrons. The predicted octanol–water partition coefficient (Wildman–Crippen LogP) is 1.67. The molecule has 2 bridgehead atoms. The lowest BCUT2D eigenvalue weighted by Gasteiger charge is -2.20. The highest BCUT2D eigenvalue weighted by Gasteiger charge is 2.35. The highest BCUT2D eigenvalue weighted by Crippen LogP contribution is 2.44. The fourth-order valence-electron chi connectivity index (χ4n) is 3.83. The Labute approximate surface area is 127 Å². The van der Waals surface area contributed by atoms with Crippen molar-refractivity contribution in [3.05, 3.63) is 40.5 Å². The van der Waals surface area contributed by atoms with Crippen molar-refractivity contribution < 1.29 is 9.53 Å². The van der Waals surface area contributed by atoms with Crippen LogP contribution in [0.4, 0.5) is 0 Å². The van der Waals surface area contributed by atoms with E-state index in [1.807, 2.05) is 4.57 Å². The number of aromatic amines is 1. The topological polar surface area (TPSA) is 77.0 Å². The highest BCUT2D eigenvalue weighted by molar-refractivity contribution is 5.95. The van der Waals surface area contributed by atoms with Crippen LogP contribution >= 0.6 is 0 Å². The third kappa shape index (κ3) is 1.98. The van der Waals surface area contributed by atoms with E-state index in [9.17, 15) is 9.59 Å². The van der Waals surface area contributed by atoms with Crippen LogP contribution in [-0.4, -0.2) is 27.8 Å². The molecule has 2 heterocycles. The number of carbonyl (C=O) groups is 1. The molecule has 4 aliphatic rings. The van der Waals surface area contributed by atoms with E-state index in [4.69, 9.17) is 4.74 Å². The van der Waals surface area contributed by atoms with Crippen LogP contribution < -0.4 is 5.56 Å². The minimum absolute atomic E-state index is 0.276. The Hall–Kier alpha value is -2.37. The molecule has 2 aliphatic heterocycles. The number of fused-ring (bicyclic) bond motifs is 3. The Bertz CT molecular complexity index is 788. The molecule has 2 aliphatic carbocycles. The van der Waals surface area contributed by atoms with Crippen molar-refractivity contribution in [2.45, 2.75) is 19.4 Å². The summed E-state index contributed by atoms with van der Waals surface area (Å²) in [6, 6.07) is 0. The van der Waals surface area contributed by atoms with Crippen LogP contribution in [0.25, 0.3) is 11.3 Å². The van der Waals surface area contributed by atoms with Crippen molar-refractivity contribution in [1.82, 2.24) is 14.8 Å². The van der Waals surface area contributed by atoms with Gasteiger partial charge in [0.05, 0.1) is 12.7 Å². The smallest absolute Gasteiger partial charge is 0.341 e. The first-order chi connectivity index (χ1) is 10.7. The van der Waals surface area contributed by atoms with E-state index in [2.05, 4.69) is 22.3 Å². The molecule has 0 saturated heterocycles. The van der Waals surface area contributed by atoms with Crippen molar-refractivity contribution in [2.75, 3.05) is 7.11 Å². The Balaban J connectivity index is 1.73. The number of hydrogen-bond acceptors (Lipinski definition) is 4. The maximum atomic E-state index is 12.0. The molecule has 6 nitrogen and oxygen atoms in total. The number of ether oxygens (including phenoxy) is 1. The van der Waals surface area contributed by atoms with Crippen LogP contribution in [0.2, 0.25) is 0 Å². The average molecular weight is 299 g/mol. The van der Waals surface area contributed by atoms with Gasteiger partial charge in [0.2, 0.25) is 0 Å². The number of carbonyl (C=O) groups excluding carboxylic acids is 1. The van der Waals surface area contributed by atoms with E-state index < -0.39 is 5.97 Å². The summed E-state index contributed by atoms with van der Waals surface area (Å²) in [5.41, 5.74) is 0.863. The first-order valence-electron chi connectivity index (χ1n) is 7.50. The molecular weight excluding hydrogens is 282 g/mol. The van der Waals surface area contributed by atoms with Crippen LogP contribution in [0.15, 0.2) is 29.3 Å². The van der Waals surface area contributed by atoms with Gasteiger partial charge >= 0.3 is 5.97 Å². The lowest BCUT2D eigenvalue weighted by atomic mass is 9.93. The number of H-pyrrole nitrogens is 1. The summed E-state index contributed by atoms with van der Waals surface area (Å²) in [6.45, 7) is 0.802. The van der Waals surface area contributed by atoms with Crippen molar-refractivity contribution in [3.8, 4) is 11.3 Å². The molecule has 0 amide bonds. The lowest BCUT2D eigenvalue weighted by molar-refractivity contribution is 0.0600. The van der Waals surface area contributed by atoms with E-state index in [0.29, 0.717) is 34.6 Å². The third-order valence-corrected chi connectivity index (χ3v) is 4.88. The zero-order chi connectivity index (χ0) is 15.3. The van der Waals surface area contributed by atoms with E-state index in [-0.39, 0.29) is 5.56 Å². The summed E-state index contributed by atoms with van der Waals surface area (Å²) in [7, 11) is 1.33. The van der Waals surface area contributed by atoms with Crippen molar-refractivity contribution in [2.24, 2.45) is 17.8 Å². The summed E-state index contributed by atoms with van der Waals surface area (Å²) in [5, 5.41) is 6.34. The Morgan fingerprint density at radius 1 is 1.41 bits per heavy atom. The predicted molar refractivity (Wildman–Crippen MR) is 79.7 cm³/mol. The fourth-order valence-corrected chi connectivity index (χ4v) is 3.83. The van der Waals surface area contributed by atoms with Crippen LogP contribution in [-0.2, 0) is 11.3 Å². The van der Waals surface area contributed by atoms with Gasteiger partial charge in [-0.25, -0.2) is 9.89 Å². The number of hydrogen-bond donors (Lipinski definition) is 1. The zero-order valence-electron chi connectivity index (χ0n) is 12.3. The Kier molecular flexibility index (Phi) is 2.92. The SMILES string of the molecule is COC(=O)c1cn(C[C@@H]2C[C@H]3C=C[C@H]2C3)cc2c(=O)[nH]nc1-2. The summed E-state index contributed by atoms with van der Waals surface area (Å²) in [4.78, 5) is 23.8. The number of nitrogens with one attached hydrogen (secondary N) is 1. The molecule has 22 heavy (non-hydrogen) atoms. The molecule has 1 saturated carbocycles. The standard InChI is InChI=1S/C16H17N3O3/c1-22-16(21)13-8-19(7-12-14(13)17-18-15(12)20)6-11-5-9-2-3-10(11)4-9/h2-3,7-11H,4-6H2,1H3,(H,18,20)/t9-,10-,11-/m0/s1. The summed E-state index contributed by atoms with van der Waals surface area (Å²) >= 11 is 0. The van der Waals surface area contributed by atoms with Gasteiger partial charge < -0.3 is 9.30 Å². The minimum Gasteiger partial charge on any atom is -0.465 e. The molecule has 1 fully saturated rings. The second-order valence-corrected chi connectivity index (χ2v) is 6.22. The zero-order valence-corrected chi connectivity index (χ0v) is 12.3. The van der Waals surface area contributed by atoms with Crippen molar-refractivity contribution >= 4 is 5.97 Å². The van der Waals surface area contributed by atoms with Gasteiger partial charge in [0.15, 0.2) is 0 Å². The van der Waals surface area contributed by atoms with Gasteiger partial charge in [-0.1, -0.05) is 12.2 Å². The van der Waals surface area contributed by atoms with Gasteiger partial charge in [-0.15, -0.1) is 0 Å². The van der Waals surface area contributed by atoms with E-state index >= 15 is 0 Å². The second-order valence-electron chi connectivity index (χ2n) is 6.22. The molecule has 0 aromatic heterocycles. The molecule has 3 atom stereocenters. The van der Waals surface area contributed by atoms with Crippen LogP contribution in [0.3, 0.4) is 0 Å². The lowest BCUT2D eigenvalue weighted by Crippen LogP contribution is -2.18. The molecule has 0 aromatic carbocycles. The van der Waals surface area contributed by atoms with Gasteiger partial charge in [0.25, 0.3) is 5.56 Å². The molecule has 1 N–H and O–H groups in total. The van der Waals surface area contributed by atoms with Gasteiger partial charge in [-0.05, 0) is 30.6 Å². The number of allylic oxidation sites excluding steroid dienone is 2. The molecule has 4 rings (SSSR count). The number of rotatable bonds is 3. The molecular formula is C16H17N3O3. The number of methoxy groups -OCH3 is 1. The first-order valence-corrected chi connectivity index (χ1v) is 7.50. The molecule has 0 aromatic rings. The second kappa shape index (κ2) is 4.83. The number of nitrogens with zero attached hydrogens (tertiary/aromatic N) is 2. The van der Waals surface area contributed by atoms with Gasteiger partial charge in [-0.3, -0.25) is 4.79 Å². The van der Waals surface area contributed by atoms with Crippen LogP contribution in [0.1, 0.15) is 23.2 Å². The maximum absolute atomic E-state index is 12.0. The summed E-state index contributed by atoms with van der Waals surface area (Å²) in [5.74, 6) is 1.40. The molecule has 0 unspecified atom stereocenters. The Morgan fingerprint density at radius 3 is 2.95 bits per heavy atom. The number of pyridine rings is 1. The molecule has 0 spiro atoms. The summed E-state index contributed by atoms with van der Waals surface area (Å²) < 4.78 is 6.74. The van der Waals surface area contributed by atoms with E-state index in [1.165, 1.54) is 20.0 Å². The van der Waals surface area contributed by atoms with Gasteiger partial charge in [0, 0.05) is 18.9 Å². The van der Waals surface area contributed by atoms with Crippen LogP contribution in [0.5, 0.6) is 0 Å². The first kappa shape index (κ1) is 13.3. The average Bonchev–Trinajstić information content (AvgIpc) is 3.22. The van der Waals surface area contributed by atoms with E-state index in [1.54, 1.807) is 12.4 Å². The molecule has 114 valence electrons. The third-order valence-electron chi connectivity index (χ3n) is 4.88. The van der Waals surface area contributed by atoms with Crippen molar-refractivity contribution in [1.29, 1.82) is 0 Å². The van der Waals surface area contributed by atoms with Gasteiger partial charge in [0.1, 0.15) is 11.3 Å². The molecule has 6 heteroatoms. The van der Waals surface area contributed by atoms with E-state index in [0.717, 1.165) is 6.54 Å². The monoisotopic (exact) mass is 299 g/mol. The summed E-state index contributed by atoms with van der Waals surface area (Å²) in [6.07, 6.45) is 10.5. The quantitative estimate of drug-likeness (QED) is 0.691. The normalized spacial score (nSPS) is 26.0. The largest absolute Gasteiger partial charge is 0.465 e. The van der Waals surface area contributed by atoms with Gasteiger partial charge in [-0.2, -0.15) is 5.10 Å². The number of esters is 1. The van der Waals surface area contributed by atoms with Crippen LogP contribution in [0, 0.1) is 17.8 Å². The van der Waals surface area contributed by atoms with Crippen molar-refractivity contribution in [3.63, 3.8) is 0 Å².